The molecule has 1 unspecified atom stereocenters. The Morgan fingerprint density at radius 3 is 2.67 bits per heavy atom. The van der Waals surface area contributed by atoms with E-state index in [1.54, 1.807) is 6.92 Å². The Morgan fingerprint density at radius 1 is 1.52 bits per heavy atom. The minimum absolute atomic E-state index is 0.224. The van der Waals surface area contributed by atoms with E-state index >= 15 is 0 Å². The molecule has 2 N–H and O–H groups in total. The standard InChI is InChI=1S/C14H16ClN3O3/c1-3-9(2)18(8-13(19)20)14(21)17-12-5-4-10(7-16)6-11(12)15/h4-6,9H,3,8H2,1-2H3,(H,17,21)(H,19,20). The second-order valence-electron chi connectivity index (χ2n) is 4.52. The van der Waals surface area contributed by atoms with Gasteiger partial charge in [-0.3, -0.25) is 4.79 Å². The number of halogens is 1. The fraction of sp³-hybridized carbons (Fsp3) is 0.357. The van der Waals surface area contributed by atoms with Crippen molar-refractivity contribution in [1.29, 1.82) is 5.26 Å². The first kappa shape index (κ1) is 16.8. The van der Waals surface area contributed by atoms with Crippen molar-refractivity contribution in [3.05, 3.63) is 28.8 Å². The van der Waals surface area contributed by atoms with Crippen LogP contribution in [0.2, 0.25) is 5.02 Å². The third-order valence-electron chi connectivity index (χ3n) is 3.03. The van der Waals surface area contributed by atoms with Gasteiger partial charge in [0.05, 0.1) is 22.3 Å². The molecule has 1 aromatic rings. The second-order valence-corrected chi connectivity index (χ2v) is 4.92. The summed E-state index contributed by atoms with van der Waals surface area (Å²) in [4.78, 5) is 24.3. The molecule has 0 spiro atoms. The zero-order valence-corrected chi connectivity index (χ0v) is 12.5. The summed E-state index contributed by atoms with van der Waals surface area (Å²) < 4.78 is 0. The number of aliphatic carboxylic acids is 1. The molecule has 112 valence electrons. The van der Waals surface area contributed by atoms with Crippen molar-refractivity contribution >= 4 is 29.3 Å². The van der Waals surface area contributed by atoms with Gasteiger partial charge in [0.1, 0.15) is 6.54 Å². The number of nitriles is 1. The summed E-state index contributed by atoms with van der Waals surface area (Å²) in [5.41, 5.74) is 0.710. The molecule has 1 aromatic carbocycles. The molecule has 21 heavy (non-hydrogen) atoms. The molecule has 7 heteroatoms. The van der Waals surface area contributed by atoms with Crippen LogP contribution >= 0.6 is 11.6 Å². The molecule has 1 atom stereocenters. The number of carbonyl (C=O) groups excluding carboxylic acids is 1. The molecule has 0 aliphatic rings. The Bertz CT molecular complexity index is 583. The molecule has 6 nitrogen and oxygen atoms in total. The Balaban J connectivity index is 2.91. The van der Waals surface area contributed by atoms with Crippen LogP contribution in [0.25, 0.3) is 0 Å². The van der Waals surface area contributed by atoms with Crippen LogP contribution in [-0.4, -0.2) is 34.6 Å². The monoisotopic (exact) mass is 309 g/mol. The Kier molecular flexibility index (Phi) is 6.00. The van der Waals surface area contributed by atoms with Gasteiger partial charge >= 0.3 is 12.0 Å². The van der Waals surface area contributed by atoms with E-state index in [1.165, 1.54) is 23.1 Å². The van der Waals surface area contributed by atoms with Crippen LogP contribution < -0.4 is 5.32 Å². The number of carboxylic acids is 1. The average Bonchev–Trinajstić information content (AvgIpc) is 2.45. The van der Waals surface area contributed by atoms with E-state index in [2.05, 4.69) is 5.32 Å². The summed E-state index contributed by atoms with van der Waals surface area (Å²) in [6, 6.07) is 5.63. The normalized spacial score (nSPS) is 11.3. The predicted molar refractivity (Wildman–Crippen MR) is 79.3 cm³/mol. The van der Waals surface area contributed by atoms with Crippen LogP contribution in [0.5, 0.6) is 0 Å². The Morgan fingerprint density at radius 2 is 2.19 bits per heavy atom. The number of nitrogens with one attached hydrogen (secondary N) is 1. The van der Waals surface area contributed by atoms with E-state index in [1.807, 2.05) is 13.0 Å². The summed E-state index contributed by atoms with van der Waals surface area (Å²) in [6.07, 6.45) is 0.627. The summed E-state index contributed by atoms with van der Waals surface area (Å²) in [5.74, 6) is -1.09. The lowest BCUT2D eigenvalue weighted by molar-refractivity contribution is -0.138. The van der Waals surface area contributed by atoms with Gasteiger partial charge in [0.15, 0.2) is 0 Å². The molecule has 0 fully saturated rings. The highest BCUT2D eigenvalue weighted by Gasteiger charge is 2.22. The zero-order valence-electron chi connectivity index (χ0n) is 11.8. The molecule has 0 aliphatic carbocycles. The molecule has 2 amide bonds. The van der Waals surface area contributed by atoms with E-state index in [0.29, 0.717) is 17.7 Å². The van der Waals surface area contributed by atoms with E-state index < -0.39 is 18.5 Å². The van der Waals surface area contributed by atoms with Gasteiger partial charge < -0.3 is 15.3 Å². The molecule has 0 saturated carbocycles. The number of urea groups is 1. The topological polar surface area (TPSA) is 93.4 Å². The number of nitrogens with zero attached hydrogens (tertiary/aromatic N) is 2. The number of benzene rings is 1. The third kappa shape index (κ3) is 4.65. The largest absolute Gasteiger partial charge is 0.480 e. The van der Waals surface area contributed by atoms with E-state index in [9.17, 15) is 9.59 Å². The maximum absolute atomic E-state index is 12.2. The summed E-state index contributed by atoms with van der Waals surface area (Å²) in [6.45, 7) is 3.24. The molecule has 0 aromatic heterocycles. The zero-order chi connectivity index (χ0) is 16.0. The van der Waals surface area contributed by atoms with E-state index in [-0.39, 0.29) is 11.1 Å². The molecule has 1 rings (SSSR count). The first-order valence-electron chi connectivity index (χ1n) is 6.38. The van der Waals surface area contributed by atoms with Gasteiger partial charge in [-0.2, -0.15) is 5.26 Å². The number of anilines is 1. The van der Waals surface area contributed by atoms with Crippen molar-refractivity contribution in [2.45, 2.75) is 26.3 Å². The summed E-state index contributed by atoms with van der Waals surface area (Å²) in [5, 5.41) is 20.4. The molecule has 0 saturated heterocycles. The lowest BCUT2D eigenvalue weighted by Crippen LogP contribution is -2.44. The van der Waals surface area contributed by atoms with Crippen LogP contribution in [0, 0.1) is 11.3 Å². The Hall–Kier alpha value is -2.26. The quantitative estimate of drug-likeness (QED) is 0.874. The number of hydrogen-bond acceptors (Lipinski definition) is 3. The molecular formula is C14H16ClN3O3. The minimum Gasteiger partial charge on any atom is -0.480 e. The second kappa shape index (κ2) is 7.50. The van der Waals surface area contributed by atoms with Crippen molar-refractivity contribution in [2.24, 2.45) is 0 Å². The van der Waals surface area contributed by atoms with Crippen LogP contribution in [0.1, 0.15) is 25.8 Å². The lowest BCUT2D eigenvalue weighted by atomic mass is 10.2. The maximum Gasteiger partial charge on any atom is 0.323 e. The number of rotatable bonds is 5. The Labute approximate surface area is 127 Å². The molecular weight excluding hydrogens is 294 g/mol. The minimum atomic E-state index is -1.09. The van der Waals surface area contributed by atoms with Gasteiger partial charge in [-0.05, 0) is 31.5 Å². The van der Waals surface area contributed by atoms with Gasteiger partial charge in [-0.1, -0.05) is 18.5 Å². The van der Waals surface area contributed by atoms with Crippen LogP contribution in [0.4, 0.5) is 10.5 Å². The number of amides is 2. The highest BCUT2D eigenvalue weighted by Crippen LogP contribution is 2.23. The third-order valence-corrected chi connectivity index (χ3v) is 3.34. The fourth-order valence-electron chi connectivity index (χ4n) is 1.67. The number of hydrogen-bond donors (Lipinski definition) is 2. The van der Waals surface area contributed by atoms with Gasteiger partial charge in [-0.15, -0.1) is 0 Å². The highest BCUT2D eigenvalue weighted by atomic mass is 35.5. The smallest absolute Gasteiger partial charge is 0.323 e. The SMILES string of the molecule is CCC(C)N(CC(=O)O)C(=O)Nc1ccc(C#N)cc1Cl. The highest BCUT2D eigenvalue weighted by molar-refractivity contribution is 6.33. The maximum atomic E-state index is 12.2. The average molecular weight is 310 g/mol. The first-order valence-corrected chi connectivity index (χ1v) is 6.75. The van der Waals surface area contributed by atoms with Gasteiger partial charge in [0.2, 0.25) is 0 Å². The number of carbonyl (C=O) groups is 2. The molecule has 0 aliphatic heterocycles. The fourth-order valence-corrected chi connectivity index (χ4v) is 1.89. The van der Waals surface area contributed by atoms with Crippen LogP contribution in [0.15, 0.2) is 18.2 Å². The molecule has 0 bridgehead atoms. The number of carboxylic acid groups (broad SMARTS) is 1. The first-order chi connectivity index (χ1) is 9.88. The van der Waals surface area contributed by atoms with Crippen molar-refractivity contribution in [2.75, 3.05) is 11.9 Å². The van der Waals surface area contributed by atoms with Crippen LogP contribution in [0.3, 0.4) is 0 Å². The van der Waals surface area contributed by atoms with Gasteiger partial charge in [0.25, 0.3) is 0 Å². The summed E-state index contributed by atoms with van der Waals surface area (Å²) in [7, 11) is 0. The molecule has 0 heterocycles. The summed E-state index contributed by atoms with van der Waals surface area (Å²) >= 11 is 5.98. The van der Waals surface area contributed by atoms with Crippen LogP contribution in [-0.2, 0) is 4.79 Å². The van der Waals surface area contributed by atoms with E-state index in [4.69, 9.17) is 22.0 Å². The van der Waals surface area contributed by atoms with Gasteiger partial charge in [-0.25, -0.2) is 4.79 Å². The predicted octanol–water partition coefficient (Wildman–Crippen LogP) is 2.93. The van der Waals surface area contributed by atoms with Crippen molar-refractivity contribution in [1.82, 2.24) is 4.90 Å². The van der Waals surface area contributed by atoms with Crippen molar-refractivity contribution < 1.29 is 14.7 Å². The van der Waals surface area contributed by atoms with Gasteiger partial charge in [0, 0.05) is 6.04 Å². The van der Waals surface area contributed by atoms with Crippen molar-refractivity contribution in [3.8, 4) is 6.07 Å². The van der Waals surface area contributed by atoms with Crippen molar-refractivity contribution in [3.63, 3.8) is 0 Å². The molecule has 0 radical (unpaired) electrons. The lowest BCUT2D eigenvalue weighted by Gasteiger charge is -2.27. The van der Waals surface area contributed by atoms with E-state index in [0.717, 1.165) is 0 Å².